The summed E-state index contributed by atoms with van der Waals surface area (Å²) in [7, 11) is 4.41. The van der Waals surface area contributed by atoms with Crippen molar-refractivity contribution < 1.29 is 0 Å². The molecule has 70 valence electrons. The molecule has 2 aliphatic rings. The van der Waals surface area contributed by atoms with Crippen LogP contribution in [0.15, 0.2) is 0 Å². The fourth-order valence-electron chi connectivity index (χ4n) is 2.67. The van der Waals surface area contributed by atoms with Gasteiger partial charge in [0.2, 0.25) is 0 Å². The summed E-state index contributed by atoms with van der Waals surface area (Å²) in [5.41, 5.74) is 0.750. The van der Waals surface area contributed by atoms with E-state index in [-0.39, 0.29) is 0 Å². The van der Waals surface area contributed by atoms with Crippen LogP contribution in [0.25, 0.3) is 0 Å². The van der Waals surface area contributed by atoms with Crippen LogP contribution in [-0.2, 0) is 0 Å². The lowest BCUT2D eigenvalue weighted by atomic mass is 9.60. The highest BCUT2D eigenvalue weighted by Crippen LogP contribution is 2.49. The standard InChI is InChI=1S/C10H20N2/c1-12(2)9-7-10(8-9)3-5-11-6-4-10/h9,11H,3-8H2,1-2H3. The average Bonchev–Trinajstić information content (AvgIpc) is 2.01. The van der Waals surface area contributed by atoms with Crippen LogP contribution >= 0.6 is 0 Å². The van der Waals surface area contributed by atoms with Crippen LogP contribution in [0.3, 0.4) is 0 Å². The Morgan fingerprint density at radius 2 is 1.75 bits per heavy atom. The van der Waals surface area contributed by atoms with Gasteiger partial charge in [-0.1, -0.05) is 0 Å². The van der Waals surface area contributed by atoms with Gasteiger partial charge in [0.15, 0.2) is 0 Å². The van der Waals surface area contributed by atoms with Crippen LogP contribution in [0.2, 0.25) is 0 Å². The Morgan fingerprint density at radius 3 is 2.25 bits per heavy atom. The highest BCUT2D eigenvalue weighted by molar-refractivity contribution is 4.99. The molecule has 0 aromatic carbocycles. The molecule has 2 rings (SSSR count). The third-order valence-corrected chi connectivity index (χ3v) is 3.73. The van der Waals surface area contributed by atoms with E-state index in [1.165, 1.54) is 38.8 Å². The minimum Gasteiger partial charge on any atom is -0.317 e. The Balaban J connectivity index is 1.84. The first-order valence-corrected chi connectivity index (χ1v) is 5.09. The molecule has 0 unspecified atom stereocenters. The smallest absolute Gasteiger partial charge is 0.00997 e. The Labute approximate surface area is 75.3 Å². The fraction of sp³-hybridized carbons (Fsp3) is 1.00. The number of hydrogen-bond acceptors (Lipinski definition) is 2. The van der Waals surface area contributed by atoms with Gasteiger partial charge in [-0.2, -0.15) is 0 Å². The van der Waals surface area contributed by atoms with E-state index in [0.29, 0.717) is 0 Å². The summed E-state index contributed by atoms with van der Waals surface area (Å²) in [4.78, 5) is 2.38. The van der Waals surface area contributed by atoms with Gasteiger partial charge in [-0.05, 0) is 58.3 Å². The molecule has 12 heavy (non-hydrogen) atoms. The SMILES string of the molecule is CN(C)C1CC2(CCNCC2)C1. The van der Waals surface area contributed by atoms with Crippen molar-refractivity contribution in [1.29, 1.82) is 0 Å². The molecule has 2 heteroatoms. The van der Waals surface area contributed by atoms with E-state index in [1.807, 2.05) is 0 Å². The number of hydrogen-bond donors (Lipinski definition) is 1. The monoisotopic (exact) mass is 168 g/mol. The zero-order chi connectivity index (χ0) is 8.60. The fourth-order valence-corrected chi connectivity index (χ4v) is 2.67. The van der Waals surface area contributed by atoms with Gasteiger partial charge in [0.25, 0.3) is 0 Å². The predicted molar refractivity (Wildman–Crippen MR) is 51.2 cm³/mol. The summed E-state index contributed by atoms with van der Waals surface area (Å²) in [5, 5.41) is 3.44. The van der Waals surface area contributed by atoms with Crippen LogP contribution in [0, 0.1) is 5.41 Å². The first-order chi connectivity index (χ1) is 5.72. The van der Waals surface area contributed by atoms with Crippen molar-refractivity contribution in [2.24, 2.45) is 5.41 Å². The van der Waals surface area contributed by atoms with Gasteiger partial charge in [-0.3, -0.25) is 0 Å². The van der Waals surface area contributed by atoms with Crippen molar-refractivity contribution in [2.75, 3.05) is 27.2 Å². The maximum absolute atomic E-state index is 3.44. The summed E-state index contributed by atoms with van der Waals surface area (Å²) in [6, 6.07) is 0.878. The Hall–Kier alpha value is -0.0800. The van der Waals surface area contributed by atoms with Gasteiger partial charge in [0.1, 0.15) is 0 Å². The topological polar surface area (TPSA) is 15.3 Å². The van der Waals surface area contributed by atoms with E-state index in [0.717, 1.165) is 11.5 Å². The highest BCUT2D eigenvalue weighted by Gasteiger charge is 2.44. The van der Waals surface area contributed by atoms with E-state index < -0.39 is 0 Å². The summed E-state index contributed by atoms with van der Waals surface area (Å²) in [6.07, 6.45) is 5.72. The Morgan fingerprint density at radius 1 is 1.17 bits per heavy atom. The lowest BCUT2D eigenvalue weighted by Gasteiger charge is -2.52. The summed E-state index contributed by atoms with van der Waals surface area (Å²) < 4.78 is 0. The van der Waals surface area contributed by atoms with Crippen molar-refractivity contribution in [3.05, 3.63) is 0 Å². The number of rotatable bonds is 1. The van der Waals surface area contributed by atoms with Crippen molar-refractivity contribution in [3.63, 3.8) is 0 Å². The number of nitrogens with zero attached hydrogens (tertiary/aromatic N) is 1. The summed E-state index contributed by atoms with van der Waals surface area (Å²) in [6.45, 7) is 2.50. The van der Waals surface area contributed by atoms with E-state index >= 15 is 0 Å². The molecule has 2 fully saturated rings. The van der Waals surface area contributed by atoms with Gasteiger partial charge in [-0.15, -0.1) is 0 Å². The first-order valence-electron chi connectivity index (χ1n) is 5.09. The van der Waals surface area contributed by atoms with Gasteiger partial charge in [0.05, 0.1) is 0 Å². The largest absolute Gasteiger partial charge is 0.317 e. The van der Waals surface area contributed by atoms with Crippen LogP contribution in [0.1, 0.15) is 25.7 Å². The van der Waals surface area contributed by atoms with Crippen LogP contribution < -0.4 is 5.32 Å². The number of piperidine rings is 1. The molecule has 1 heterocycles. The number of nitrogens with one attached hydrogen (secondary N) is 1. The van der Waals surface area contributed by atoms with Crippen molar-refractivity contribution in [1.82, 2.24) is 10.2 Å². The molecule has 0 aromatic rings. The average molecular weight is 168 g/mol. The maximum atomic E-state index is 3.44. The molecule has 0 radical (unpaired) electrons. The Bertz CT molecular complexity index is 151. The molecule has 2 nitrogen and oxygen atoms in total. The summed E-state index contributed by atoms with van der Waals surface area (Å²) in [5.74, 6) is 0. The molecule has 1 aliphatic heterocycles. The molecular formula is C10H20N2. The van der Waals surface area contributed by atoms with Crippen molar-refractivity contribution in [3.8, 4) is 0 Å². The first kappa shape index (κ1) is 8.52. The molecule has 0 bridgehead atoms. The van der Waals surface area contributed by atoms with E-state index in [4.69, 9.17) is 0 Å². The van der Waals surface area contributed by atoms with Crippen LogP contribution in [0.4, 0.5) is 0 Å². The molecule has 1 spiro atoms. The van der Waals surface area contributed by atoms with Gasteiger partial charge >= 0.3 is 0 Å². The van der Waals surface area contributed by atoms with Crippen molar-refractivity contribution in [2.45, 2.75) is 31.7 Å². The molecule has 1 saturated heterocycles. The predicted octanol–water partition coefficient (Wildman–Crippen LogP) is 1.08. The molecule has 1 aliphatic carbocycles. The second-order valence-electron chi connectivity index (χ2n) is 4.78. The quantitative estimate of drug-likeness (QED) is 0.630. The normalized spacial score (nSPS) is 29.2. The van der Waals surface area contributed by atoms with Gasteiger partial charge in [0, 0.05) is 6.04 Å². The van der Waals surface area contributed by atoms with E-state index in [9.17, 15) is 0 Å². The molecule has 0 atom stereocenters. The van der Waals surface area contributed by atoms with Crippen LogP contribution in [-0.4, -0.2) is 38.1 Å². The molecule has 1 N–H and O–H groups in total. The second-order valence-corrected chi connectivity index (χ2v) is 4.78. The van der Waals surface area contributed by atoms with Gasteiger partial charge < -0.3 is 10.2 Å². The van der Waals surface area contributed by atoms with E-state index in [1.54, 1.807) is 0 Å². The zero-order valence-electron chi connectivity index (χ0n) is 8.27. The lowest BCUT2D eigenvalue weighted by molar-refractivity contribution is 0.0000476. The molecular weight excluding hydrogens is 148 g/mol. The molecule has 0 aromatic heterocycles. The minimum absolute atomic E-state index is 0.750. The maximum Gasteiger partial charge on any atom is 0.00997 e. The third-order valence-electron chi connectivity index (χ3n) is 3.73. The molecule has 1 saturated carbocycles. The highest BCUT2D eigenvalue weighted by atomic mass is 15.1. The summed E-state index contributed by atoms with van der Waals surface area (Å²) >= 11 is 0. The Kier molecular flexibility index (Phi) is 2.13. The zero-order valence-corrected chi connectivity index (χ0v) is 8.27. The van der Waals surface area contributed by atoms with Crippen LogP contribution in [0.5, 0.6) is 0 Å². The van der Waals surface area contributed by atoms with E-state index in [2.05, 4.69) is 24.3 Å². The second kappa shape index (κ2) is 3.00. The molecule has 0 amide bonds. The lowest BCUT2D eigenvalue weighted by Crippen LogP contribution is -2.52. The van der Waals surface area contributed by atoms with Crippen molar-refractivity contribution >= 4 is 0 Å². The third kappa shape index (κ3) is 1.38. The van der Waals surface area contributed by atoms with Gasteiger partial charge in [-0.25, -0.2) is 0 Å². The minimum atomic E-state index is 0.750.